The van der Waals surface area contributed by atoms with Crippen LogP contribution < -0.4 is 5.73 Å². The number of aromatic nitrogens is 2. The van der Waals surface area contributed by atoms with E-state index in [-0.39, 0.29) is 0 Å². The summed E-state index contributed by atoms with van der Waals surface area (Å²) in [5.41, 5.74) is 6.74. The number of hydrogen-bond acceptors (Lipinski definition) is 4. The van der Waals surface area contributed by atoms with Crippen LogP contribution in [0.5, 0.6) is 0 Å². The lowest BCUT2D eigenvalue weighted by Gasteiger charge is -1.98. The van der Waals surface area contributed by atoms with Crippen molar-refractivity contribution in [2.24, 2.45) is 5.73 Å². The Kier molecular flexibility index (Phi) is 7.04. The van der Waals surface area contributed by atoms with Gasteiger partial charge in [0, 0.05) is 0 Å². The zero-order chi connectivity index (χ0) is 13.9. The highest BCUT2D eigenvalue weighted by Gasteiger charge is 1.92. The van der Waals surface area contributed by atoms with Crippen molar-refractivity contribution in [3.8, 4) is 0 Å². The third kappa shape index (κ3) is 6.42. The average molecular weight is 265 g/mol. The summed E-state index contributed by atoms with van der Waals surface area (Å²) in [5, 5.41) is 0. The van der Waals surface area contributed by atoms with E-state index < -0.39 is 6.09 Å². The minimum Gasteiger partial charge on any atom is -0.345 e. The molecule has 6 heteroatoms. The first kappa shape index (κ1) is 15.0. The van der Waals surface area contributed by atoms with E-state index in [9.17, 15) is 4.79 Å². The van der Waals surface area contributed by atoms with Gasteiger partial charge in [-0.2, -0.15) is 4.89 Å². The van der Waals surface area contributed by atoms with Crippen molar-refractivity contribution in [2.45, 2.75) is 26.2 Å². The molecule has 0 bridgehead atoms. The first-order chi connectivity index (χ1) is 9.24. The molecule has 3 N–H and O–H groups in total. The largest absolute Gasteiger partial charge is 0.436 e. The smallest absolute Gasteiger partial charge is 0.345 e. The van der Waals surface area contributed by atoms with Gasteiger partial charge in [0.1, 0.15) is 0 Å². The number of amides is 1. The Labute approximate surface area is 111 Å². The minimum absolute atomic E-state index is 0.427. The van der Waals surface area contributed by atoms with Gasteiger partial charge in [-0.1, -0.05) is 31.9 Å². The van der Waals surface area contributed by atoms with Gasteiger partial charge in [0.05, 0.1) is 24.0 Å². The molecule has 0 spiro atoms. The predicted octanol–water partition coefficient (Wildman–Crippen LogP) is 2.77. The van der Waals surface area contributed by atoms with Crippen LogP contribution in [0.1, 0.15) is 26.2 Å². The first-order valence-electron chi connectivity index (χ1n) is 6.21. The SMILES string of the molecule is CCCCCOOC(N)=O.c1ccc2[nH]cnc2c1. The van der Waals surface area contributed by atoms with E-state index in [1.807, 2.05) is 24.3 Å². The highest BCUT2D eigenvalue weighted by Crippen LogP contribution is 2.05. The van der Waals surface area contributed by atoms with Crippen LogP contribution in [0.3, 0.4) is 0 Å². The maximum Gasteiger partial charge on any atom is 0.436 e. The summed E-state index contributed by atoms with van der Waals surface area (Å²) >= 11 is 0. The molecule has 1 aromatic heterocycles. The van der Waals surface area contributed by atoms with Crippen molar-refractivity contribution in [3.05, 3.63) is 30.6 Å². The summed E-state index contributed by atoms with van der Waals surface area (Å²) in [4.78, 5) is 25.4. The lowest BCUT2D eigenvalue weighted by atomic mass is 10.3. The second-order valence-corrected chi connectivity index (χ2v) is 3.85. The van der Waals surface area contributed by atoms with Gasteiger partial charge in [-0.25, -0.2) is 9.78 Å². The summed E-state index contributed by atoms with van der Waals surface area (Å²) < 4.78 is 0. The van der Waals surface area contributed by atoms with Gasteiger partial charge in [0.25, 0.3) is 0 Å². The highest BCUT2D eigenvalue weighted by atomic mass is 17.2. The van der Waals surface area contributed by atoms with E-state index in [1.165, 1.54) is 0 Å². The number of H-pyrrole nitrogens is 1. The fourth-order valence-corrected chi connectivity index (χ4v) is 1.39. The maximum atomic E-state index is 9.91. The Balaban J connectivity index is 0.000000190. The minimum atomic E-state index is -0.892. The van der Waals surface area contributed by atoms with Gasteiger partial charge >= 0.3 is 6.09 Å². The summed E-state index contributed by atoms with van der Waals surface area (Å²) in [5.74, 6) is 0. The van der Waals surface area contributed by atoms with Crippen LogP contribution in [0.2, 0.25) is 0 Å². The standard InChI is InChI=1S/C7H6N2.C6H13NO3/c1-2-4-7-6(3-1)8-5-9-7;1-2-3-4-5-9-10-6(7)8/h1-5H,(H,8,9);2-5H2,1H3,(H2,7,8). The van der Waals surface area contributed by atoms with Gasteiger partial charge in [-0.05, 0) is 18.6 Å². The maximum absolute atomic E-state index is 9.91. The van der Waals surface area contributed by atoms with Crippen molar-refractivity contribution in [1.29, 1.82) is 0 Å². The van der Waals surface area contributed by atoms with Crippen LogP contribution in [0, 0.1) is 0 Å². The molecular weight excluding hydrogens is 246 g/mol. The molecule has 2 aromatic rings. The molecule has 1 heterocycles. The summed E-state index contributed by atoms with van der Waals surface area (Å²) in [6, 6.07) is 7.94. The molecule has 0 radical (unpaired) electrons. The third-order valence-electron chi connectivity index (χ3n) is 2.30. The second-order valence-electron chi connectivity index (χ2n) is 3.85. The Morgan fingerprint density at radius 2 is 2.16 bits per heavy atom. The van der Waals surface area contributed by atoms with Crippen molar-refractivity contribution >= 4 is 17.1 Å². The number of imidazole rings is 1. The van der Waals surface area contributed by atoms with Crippen LogP contribution in [0.4, 0.5) is 4.79 Å². The average Bonchev–Trinajstić information content (AvgIpc) is 2.87. The molecule has 0 fully saturated rings. The van der Waals surface area contributed by atoms with Crippen LogP contribution in [-0.4, -0.2) is 22.7 Å². The summed E-state index contributed by atoms with van der Waals surface area (Å²) in [6.07, 6.45) is 3.88. The molecule has 0 saturated heterocycles. The third-order valence-corrected chi connectivity index (χ3v) is 2.30. The molecule has 19 heavy (non-hydrogen) atoms. The lowest BCUT2D eigenvalue weighted by molar-refractivity contribution is -0.236. The van der Waals surface area contributed by atoms with Gasteiger partial charge < -0.3 is 10.7 Å². The van der Waals surface area contributed by atoms with Crippen LogP contribution in [0.25, 0.3) is 11.0 Å². The molecule has 1 amide bonds. The molecular formula is C13H19N3O3. The zero-order valence-electron chi connectivity index (χ0n) is 11.0. The lowest BCUT2D eigenvalue weighted by Crippen LogP contribution is -2.13. The number of nitrogens with two attached hydrogens (primary N) is 1. The summed E-state index contributed by atoms with van der Waals surface area (Å²) in [6.45, 7) is 2.51. The molecule has 0 aliphatic carbocycles. The van der Waals surface area contributed by atoms with Gasteiger partial charge in [0.2, 0.25) is 0 Å². The number of rotatable bonds is 5. The molecule has 104 valence electrons. The molecule has 6 nitrogen and oxygen atoms in total. The number of para-hydroxylation sites is 2. The molecule has 0 atom stereocenters. The molecule has 0 aliphatic heterocycles. The number of primary amides is 1. The topological polar surface area (TPSA) is 90.2 Å². The Morgan fingerprint density at radius 3 is 2.84 bits per heavy atom. The van der Waals surface area contributed by atoms with Gasteiger partial charge in [0.15, 0.2) is 0 Å². The Hall–Kier alpha value is -2.08. The van der Waals surface area contributed by atoms with E-state index in [4.69, 9.17) is 0 Å². The second kappa shape index (κ2) is 8.93. The number of nitrogens with zero attached hydrogens (tertiary/aromatic N) is 1. The number of fused-ring (bicyclic) bond motifs is 1. The van der Waals surface area contributed by atoms with Crippen molar-refractivity contribution in [3.63, 3.8) is 0 Å². The van der Waals surface area contributed by atoms with Gasteiger partial charge in [-0.15, -0.1) is 0 Å². The van der Waals surface area contributed by atoms with E-state index in [2.05, 4.69) is 32.4 Å². The van der Waals surface area contributed by atoms with Crippen molar-refractivity contribution in [1.82, 2.24) is 9.97 Å². The monoisotopic (exact) mass is 265 g/mol. The molecule has 0 aliphatic rings. The first-order valence-corrected chi connectivity index (χ1v) is 6.21. The number of carbonyl (C=O) groups excluding carboxylic acids is 1. The number of unbranched alkanes of at least 4 members (excludes halogenated alkanes) is 2. The van der Waals surface area contributed by atoms with Crippen molar-refractivity contribution in [2.75, 3.05) is 6.61 Å². The molecule has 0 unspecified atom stereocenters. The number of aromatic amines is 1. The zero-order valence-corrected chi connectivity index (χ0v) is 11.0. The number of nitrogens with one attached hydrogen (secondary N) is 1. The molecule has 1 aromatic carbocycles. The Bertz CT molecular complexity index is 454. The quantitative estimate of drug-likeness (QED) is 0.494. The van der Waals surface area contributed by atoms with Gasteiger partial charge in [-0.3, -0.25) is 4.89 Å². The number of carbonyl (C=O) groups is 1. The fraction of sp³-hybridized carbons (Fsp3) is 0.385. The number of hydrogen-bond donors (Lipinski definition) is 2. The van der Waals surface area contributed by atoms with Crippen molar-refractivity contribution < 1.29 is 14.6 Å². The van der Waals surface area contributed by atoms with E-state index in [1.54, 1.807) is 6.33 Å². The van der Waals surface area contributed by atoms with Crippen LogP contribution in [0.15, 0.2) is 30.6 Å². The van der Waals surface area contributed by atoms with E-state index in [0.29, 0.717) is 6.61 Å². The molecule has 2 rings (SSSR count). The Morgan fingerprint density at radius 1 is 1.37 bits per heavy atom. The fourth-order valence-electron chi connectivity index (χ4n) is 1.39. The van der Waals surface area contributed by atoms with Crippen LogP contribution in [-0.2, 0) is 9.78 Å². The number of benzene rings is 1. The van der Waals surface area contributed by atoms with E-state index in [0.717, 1.165) is 30.3 Å². The predicted molar refractivity (Wildman–Crippen MR) is 72.2 cm³/mol. The summed E-state index contributed by atoms with van der Waals surface area (Å²) in [7, 11) is 0. The normalized spacial score (nSPS) is 9.74. The molecule has 0 saturated carbocycles. The highest BCUT2D eigenvalue weighted by molar-refractivity contribution is 5.73. The van der Waals surface area contributed by atoms with E-state index >= 15 is 0 Å². The van der Waals surface area contributed by atoms with Crippen LogP contribution >= 0.6 is 0 Å².